The summed E-state index contributed by atoms with van der Waals surface area (Å²) in [6, 6.07) is -0.0824. The van der Waals surface area contributed by atoms with Crippen molar-refractivity contribution in [2.24, 2.45) is 5.73 Å². The van der Waals surface area contributed by atoms with Gasteiger partial charge < -0.3 is 10.5 Å². The highest BCUT2D eigenvalue weighted by Gasteiger charge is 2.13. The molecular formula is C8H17N3O2. The lowest BCUT2D eigenvalue weighted by molar-refractivity contribution is -0.128. The molecule has 0 spiro atoms. The van der Waals surface area contributed by atoms with E-state index in [2.05, 4.69) is 5.43 Å². The predicted molar refractivity (Wildman–Crippen MR) is 48.8 cm³/mol. The summed E-state index contributed by atoms with van der Waals surface area (Å²) in [4.78, 5) is 11.2. The molecule has 76 valence electrons. The van der Waals surface area contributed by atoms with Crippen LogP contribution >= 0.6 is 0 Å². The van der Waals surface area contributed by atoms with Gasteiger partial charge in [-0.3, -0.25) is 10.2 Å². The quantitative estimate of drug-likeness (QED) is 0.600. The van der Waals surface area contributed by atoms with Gasteiger partial charge in [0.15, 0.2) is 0 Å². The Labute approximate surface area is 78.2 Å². The largest absolute Gasteiger partial charge is 0.379 e. The fraction of sp³-hybridized carbons (Fsp3) is 0.875. The highest BCUT2D eigenvalue weighted by molar-refractivity contribution is 5.75. The molecule has 1 fully saturated rings. The van der Waals surface area contributed by atoms with Gasteiger partial charge in [0.05, 0.1) is 13.2 Å². The summed E-state index contributed by atoms with van der Waals surface area (Å²) < 4.78 is 5.14. The lowest BCUT2D eigenvalue weighted by atomic mass is 10.2. The molecule has 0 aromatic carbocycles. The van der Waals surface area contributed by atoms with E-state index in [0.717, 1.165) is 13.1 Å². The van der Waals surface area contributed by atoms with E-state index in [1.54, 1.807) is 0 Å². The molecule has 1 atom stereocenters. The zero-order chi connectivity index (χ0) is 9.68. The SMILES string of the molecule is CC(N)CC(=O)NN1CCOCC1. The fourth-order valence-electron chi connectivity index (χ4n) is 1.19. The third-order valence-electron chi connectivity index (χ3n) is 1.80. The van der Waals surface area contributed by atoms with Crippen LogP contribution in [0.5, 0.6) is 0 Å². The number of carbonyl (C=O) groups is 1. The zero-order valence-electron chi connectivity index (χ0n) is 7.95. The number of hydrogen-bond acceptors (Lipinski definition) is 4. The maximum Gasteiger partial charge on any atom is 0.235 e. The molecule has 1 unspecified atom stereocenters. The molecule has 1 aliphatic rings. The molecule has 0 saturated carbocycles. The average Bonchev–Trinajstić information content (AvgIpc) is 2.04. The van der Waals surface area contributed by atoms with Crippen molar-refractivity contribution in [1.82, 2.24) is 10.4 Å². The van der Waals surface area contributed by atoms with Crippen molar-refractivity contribution in [2.75, 3.05) is 26.3 Å². The topological polar surface area (TPSA) is 67.6 Å². The number of rotatable bonds is 3. The molecule has 0 radical (unpaired) electrons. The van der Waals surface area contributed by atoms with E-state index in [4.69, 9.17) is 10.5 Å². The lowest BCUT2D eigenvalue weighted by Gasteiger charge is -2.27. The van der Waals surface area contributed by atoms with E-state index < -0.39 is 0 Å². The Kier molecular flexibility index (Phi) is 4.14. The van der Waals surface area contributed by atoms with Gasteiger partial charge in [0.1, 0.15) is 0 Å². The van der Waals surface area contributed by atoms with Gasteiger partial charge in [-0.25, -0.2) is 5.01 Å². The molecule has 5 heteroatoms. The Morgan fingerprint density at radius 3 is 2.77 bits per heavy atom. The van der Waals surface area contributed by atoms with Gasteiger partial charge in [-0.2, -0.15) is 0 Å². The molecular weight excluding hydrogens is 170 g/mol. The van der Waals surface area contributed by atoms with E-state index in [1.165, 1.54) is 0 Å². The maximum absolute atomic E-state index is 11.2. The predicted octanol–water partition coefficient (Wildman–Crippen LogP) is -0.913. The van der Waals surface area contributed by atoms with Crippen molar-refractivity contribution >= 4 is 5.91 Å². The number of morpholine rings is 1. The number of carbonyl (C=O) groups excluding carboxylic acids is 1. The summed E-state index contributed by atoms with van der Waals surface area (Å²) in [6.45, 7) is 4.69. The summed E-state index contributed by atoms with van der Waals surface area (Å²) in [7, 11) is 0. The van der Waals surface area contributed by atoms with Crippen molar-refractivity contribution in [3.05, 3.63) is 0 Å². The third kappa shape index (κ3) is 4.21. The first-order valence-corrected chi connectivity index (χ1v) is 4.56. The van der Waals surface area contributed by atoms with Gasteiger partial charge in [0.2, 0.25) is 5.91 Å². The molecule has 0 aromatic rings. The van der Waals surface area contributed by atoms with Crippen LogP contribution in [0, 0.1) is 0 Å². The van der Waals surface area contributed by atoms with Crippen molar-refractivity contribution in [3.8, 4) is 0 Å². The van der Waals surface area contributed by atoms with Crippen molar-refractivity contribution < 1.29 is 9.53 Å². The maximum atomic E-state index is 11.2. The van der Waals surface area contributed by atoms with Gasteiger partial charge in [-0.05, 0) is 6.92 Å². The smallest absolute Gasteiger partial charge is 0.235 e. The standard InChI is InChI=1S/C8H17N3O2/c1-7(9)6-8(12)10-11-2-4-13-5-3-11/h7H,2-6,9H2,1H3,(H,10,12). The molecule has 0 aliphatic carbocycles. The second kappa shape index (κ2) is 5.16. The number of nitrogens with zero attached hydrogens (tertiary/aromatic N) is 1. The van der Waals surface area contributed by atoms with Gasteiger partial charge in [0.25, 0.3) is 0 Å². The monoisotopic (exact) mass is 187 g/mol. The summed E-state index contributed by atoms with van der Waals surface area (Å²) in [5, 5.41) is 1.87. The summed E-state index contributed by atoms with van der Waals surface area (Å²) in [5.74, 6) is -0.0168. The fourth-order valence-corrected chi connectivity index (χ4v) is 1.19. The minimum atomic E-state index is -0.0824. The van der Waals surface area contributed by atoms with E-state index in [9.17, 15) is 4.79 Å². The van der Waals surface area contributed by atoms with Gasteiger partial charge >= 0.3 is 0 Å². The first-order chi connectivity index (χ1) is 6.18. The van der Waals surface area contributed by atoms with Gasteiger partial charge in [0, 0.05) is 25.6 Å². The summed E-state index contributed by atoms with van der Waals surface area (Å²) in [5.41, 5.74) is 8.28. The van der Waals surface area contributed by atoms with Crippen molar-refractivity contribution in [3.63, 3.8) is 0 Å². The van der Waals surface area contributed by atoms with E-state index in [-0.39, 0.29) is 11.9 Å². The Hall–Kier alpha value is -0.650. The number of hydrazine groups is 1. The molecule has 0 bridgehead atoms. The molecule has 0 aromatic heterocycles. The van der Waals surface area contributed by atoms with Crippen LogP contribution in [0.1, 0.15) is 13.3 Å². The van der Waals surface area contributed by atoms with E-state index in [0.29, 0.717) is 19.6 Å². The van der Waals surface area contributed by atoms with Crippen LogP contribution in [0.15, 0.2) is 0 Å². The van der Waals surface area contributed by atoms with Crippen LogP contribution < -0.4 is 11.2 Å². The molecule has 1 saturated heterocycles. The highest BCUT2D eigenvalue weighted by Crippen LogP contribution is 1.94. The summed E-state index contributed by atoms with van der Waals surface area (Å²) >= 11 is 0. The molecule has 1 amide bonds. The average molecular weight is 187 g/mol. The van der Waals surface area contributed by atoms with Crippen LogP contribution in [0.4, 0.5) is 0 Å². The van der Waals surface area contributed by atoms with Crippen LogP contribution in [0.25, 0.3) is 0 Å². The Morgan fingerprint density at radius 1 is 1.62 bits per heavy atom. The number of amides is 1. The normalized spacial score (nSPS) is 21.1. The molecule has 13 heavy (non-hydrogen) atoms. The Balaban J connectivity index is 2.18. The Morgan fingerprint density at radius 2 is 2.23 bits per heavy atom. The van der Waals surface area contributed by atoms with Gasteiger partial charge in [-0.15, -0.1) is 0 Å². The molecule has 1 heterocycles. The van der Waals surface area contributed by atoms with Crippen molar-refractivity contribution in [2.45, 2.75) is 19.4 Å². The Bertz CT molecular complexity index is 167. The minimum absolute atomic E-state index is 0.0168. The van der Waals surface area contributed by atoms with Crippen molar-refractivity contribution in [1.29, 1.82) is 0 Å². The number of nitrogens with one attached hydrogen (secondary N) is 1. The van der Waals surface area contributed by atoms with Crippen LogP contribution in [-0.2, 0) is 9.53 Å². The molecule has 1 rings (SSSR count). The van der Waals surface area contributed by atoms with Crippen LogP contribution in [0.3, 0.4) is 0 Å². The second-order valence-electron chi connectivity index (χ2n) is 3.32. The summed E-state index contributed by atoms with van der Waals surface area (Å²) in [6.07, 6.45) is 0.372. The number of nitrogens with two attached hydrogens (primary N) is 1. The van der Waals surface area contributed by atoms with Gasteiger partial charge in [-0.1, -0.05) is 0 Å². The van der Waals surface area contributed by atoms with E-state index in [1.807, 2.05) is 11.9 Å². The van der Waals surface area contributed by atoms with Crippen LogP contribution in [0.2, 0.25) is 0 Å². The molecule has 1 aliphatic heterocycles. The highest BCUT2D eigenvalue weighted by atomic mass is 16.5. The number of hydrogen-bond donors (Lipinski definition) is 2. The zero-order valence-corrected chi connectivity index (χ0v) is 7.95. The minimum Gasteiger partial charge on any atom is -0.379 e. The second-order valence-corrected chi connectivity index (χ2v) is 3.32. The molecule has 5 nitrogen and oxygen atoms in total. The molecule has 3 N–H and O–H groups in total. The number of ether oxygens (including phenoxy) is 1. The first-order valence-electron chi connectivity index (χ1n) is 4.56. The van der Waals surface area contributed by atoms with E-state index >= 15 is 0 Å². The first kappa shape index (κ1) is 10.4. The van der Waals surface area contributed by atoms with Crippen LogP contribution in [-0.4, -0.2) is 43.3 Å². The lowest BCUT2D eigenvalue weighted by Crippen LogP contribution is -2.49. The third-order valence-corrected chi connectivity index (χ3v) is 1.80.